The van der Waals surface area contributed by atoms with Crippen LogP contribution in [0.5, 0.6) is 5.75 Å². The third-order valence-corrected chi connectivity index (χ3v) is 3.30. The molecule has 0 aliphatic rings. The second-order valence-electron chi connectivity index (χ2n) is 3.79. The van der Waals surface area contributed by atoms with Gasteiger partial charge in [0.2, 0.25) is 0 Å². The first-order chi connectivity index (χ1) is 8.60. The maximum atomic E-state index is 13.3. The summed E-state index contributed by atoms with van der Waals surface area (Å²) in [7, 11) is 1.43. The molecule has 0 aliphatic carbocycles. The number of halogens is 2. The highest BCUT2D eigenvalue weighted by atomic mass is 79.9. The van der Waals surface area contributed by atoms with Crippen molar-refractivity contribution in [2.24, 2.45) is 0 Å². The maximum Gasteiger partial charge on any atom is 0.165 e. The molecular weight excluding hydrogens is 299 g/mol. The van der Waals surface area contributed by atoms with Crippen molar-refractivity contribution in [1.82, 2.24) is 4.98 Å². The summed E-state index contributed by atoms with van der Waals surface area (Å²) >= 11 is 3.39. The van der Waals surface area contributed by atoms with Gasteiger partial charge < -0.3 is 10.1 Å². The lowest BCUT2D eigenvalue weighted by Crippen LogP contribution is -1.96. The molecule has 1 N–H and O–H groups in total. The summed E-state index contributed by atoms with van der Waals surface area (Å²) in [5, 5.41) is 3.10. The SMILES string of the molecule is COc1cc(Nc2cc(C)c(Br)cn2)ccc1F. The standard InChI is InChI=1S/C13H12BrFN2O/c1-8-5-13(16-7-10(8)14)17-9-3-4-11(15)12(6-9)18-2/h3-7H,1-2H3,(H,16,17). The Morgan fingerprint density at radius 1 is 1.33 bits per heavy atom. The smallest absolute Gasteiger partial charge is 0.165 e. The molecule has 0 spiro atoms. The van der Waals surface area contributed by atoms with Crippen LogP contribution < -0.4 is 10.1 Å². The average Bonchev–Trinajstić information content (AvgIpc) is 2.36. The summed E-state index contributed by atoms with van der Waals surface area (Å²) in [4.78, 5) is 4.22. The van der Waals surface area contributed by atoms with Gasteiger partial charge >= 0.3 is 0 Å². The second kappa shape index (κ2) is 5.35. The minimum atomic E-state index is -0.386. The molecule has 0 saturated heterocycles. The number of anilines is 2. The number of methoxy groups -OCH3 is 1. The fourth-order valence-electron chi connectivity index (χ4n) is 1.49. The van der Waals surface area contributed by atoms with Crippen LogP contribution in [0.4, 0.5) is 15.9 Å². The van der Waals surface area contributed by atoms with E-state index < -0.39 is 0 Å². The quantitative estimate of drug-likeness (QED) is 0.929. The van der Waals surface area contributed by atoms with Gasteiger partial charge in [0, 0.05) is 22.4 Å². The van der Waals surface area contributed by atoms with E-state index >= 15 is 0 Å². The van der Waals surface area contributed by atoms with E-state index in [1.807, 2.05) is 13.0 Å². The van der Waals surface area contributed by atoms with E-state index in [9.17, 15) is 4.39 Å². The number of hydrogen-bond acceptors (Lipinski definition) is 3. The minimum absolute atomic E-state index is 0.203. The Hall–Kier alpha value is -1.62. The molecule has 0 amide bonds. The number of hydrogen-bond donors (Lipinski definition) is 1. The number of nitrogens with one attached hydrogen (secondary N) is 1. The van der Waals surface area contributed by atoms with Crippen molar-refractivity contribution in [1.29, 1.82) is 0 Å². The molecule has 5 heteroatoms. The molecule has 1 aromatic carbocycles. The first kappa shape index (κ1) is 12.8. The topological polar surface area (TPSA) is 34.1 Å². The summed E-state index contributed by atoms with van der Waals surface area (Å²) in [6.45, 7) is 1.97. The van der Waals surface area contributed by atoms with Gasteiger partial charge in [0.25, 0.3) is 0 Å². The molecule has 1 aromatic heterocycles. The normalized spacial score (nSPS) is 10.2. The van der Waals surface area contributed by atoms with Gasteiger partial charge in [-0.05, 0) is 46.6 Å². The summed E-state index contributed by atoms with van der Waals surface area (Å²) in [6.07, 6.45) is 1.72. The highest BCUT2D eigenvalue weighted by Crippen LogP contribution is 2.25. The molecule has 2 rings (SSSR count). The van der Waals surface area contributed by atoms with Crippen molar-refractivity contribution in [3.05, 3.63) is 46.3 Å². The van der Waals surface area contributed by atoms with Gasteiger partial charge in [-0.15, -0.1) is 0 Å². The second-order valence-corrected chi connectivity index (χ2v) is 4.65. The van der Waals surface area contributed by atoms with Crippen LogP contribution in [-0.4, -0.2) is 12.1 Å². The Labute approximate surface area is 113 Å². The first-order valence-corrected chi connectivity index (χ1v) is 6.12. The third kappa shape index (κ3) is 2.79. The van der Waals surface area contributed by atoms with Gasteiger partial charge in [-0.3, -0.25) is 0 Å². The van der Waals surface area contributed by atoms with E-state index in [1.54, 1.807) is 18.3 Å². The molecule has 0 aliphatic heterocycles. The Balaban J connectivity index is 2.25. The van der Waals surface area contributed by atoms with Gasteiger partial charge in [0.05, 0.1) is 7.11 Å². The van der Waals surface area contributed by atoms with Crippen LogP contribution in [0, 0.1) is 12.7 Å². The molecule has 0 fully saturated rings. The Morgan fingerprint density at radius 2 is 2.11 bits per heavy atom. The van der Waals surface area contributed by atoms with Crippen LogP contribution in [0.1, 0.15) is 5.56 Å². The van der Waals surface area contributed by atoms with Gasteiger partial charge in [0.15, 0.2) is 11.6 Å². The van der Waals surface area contributed by atoms with E-state index in [0.29, 0.717) is 5.82 Å². The Bertz CT molecular complexity index is 575. The maximum absolute atomic E-state index is 13.3. The zero-order valence-corrected chi connectivity index (χ0v) is 11.6. The van der Waals surface area contributed by atoms with Crippen molar-refractivity contribution in [2.45, 2.75) is 6.92 Å². The minimum Gasteiger partial charge on any atom is -0.494 e. The number of nitrogens with zero attached hydrogens (tertiary/aromatic N) is 1. The number of benzene rings is 1. The lowest BCUT2D eigenvalue weighted by Gasteiger charge is -2.09. The number of aryl methyl sites for hydroxylation is 1. The van der Waals surface area contributed by atoms with Crippen molar-refractivity contribution in [2.75, 3.05) is 12.4 Å². The van der Waals surface area contributed by atoms with Crippen molar-refractivity contribution in [3.63, 3.8) is 0 Å². The molecule has 94 valence electrons. The number of aromatic nitrogens is 1. The molecule has 0 bridgehead atoms. The Kier molecular flexibility index (Phi) is 3.81. The summed E-state index contributed by atoms with van der Waals surface area (Å²) in [5.41, 5.74) is 1.80. The molecule has 3 nitrogen and oxygen atoms in total. The fourth-order valence-corrected chi connectivity index (χ4v) is 1.71. The molecule has 1 heterocycles. The number of rotatable bonds is 3. The van der Waals surface area contributed by atoms with Crippen molar-refractivity contribution in [3.8, 4) is 5.75 Å². The summed E-state index contributed by atoms with van der Waals surface area (Å²) in [6, 6.07) is 6.48. The number of pyridine rings is 1. The zero-order valence-electron chi connectivity index (χ0n) is 10.00. The van der Waals surface area contributed by atoms with E-state index in [1.165, 1.54) is 13.2 Å². The van der Waals surface area contributed by atoms with E-state index in [2.05, 4.69) is 26.2 Å². The van der Waals surface area contributed by atoms with Crippen LogP contribution in [0.25, 0.3) is 0 Å². The molecule has 0 saturated carbocycles. The summed E-state index contributed by atoms with van der Waals surface area (Å²) in [5.74, 6) is 0.515. The van der Waals surface area contributed by atoms with Gasteiger partial charge in [-0.1, -0.05) is 0 Å². The zero-order chi connectivity index (χ0) is 13.1. The molecular formula is C13H12BrFN2O. The Morgan fingerprint density at radius 3 is 2.78 bits per heavy atom. The van der Waals surface area contributed by atoms with E-state index in [-0.39, 0.29) is 11.6 Å². The largest absolute Gasteiger partial charge is 0.494 e. The predicted molar refractivity (Wildman–Crippen MR) is 72.9 cm³/mol. The van der Waals surface area contributed by atoms with Gasteiger partial charge in [0.1, 0.15) is 5.82 Å². The van der Waals surface area contributed by atoms with Crippen molar-refractivity contribution >= 4 is 27.4 Å². The van der Waals surface area contributed by atoms with Gasteiger partial charge in [-0.2, -0.15) is 0 Å². The van der Waals surface area contributed by atoms with E-state index in [4.69, 9.17) is 4.74 Å². The molecule has 2 aromatic rings. The van der Waals surface area contributed by atoms with Crippen LogP contribution in [0.15, 0.2) is 34.9 Å². The monoisotopic (exact) mass is 310 g/mol. The van der Waals surface area contributed by atoms with Gasteiger partial charge in [-0.25, -0.2) is 9.37 Å². The predicted octanol–water partition coefficient (Wildman–Crippen LogP) is 4.04. The third-order valence-electron chi connectivity index (χ3n) is 2.47. The highest BCUT2D eigenvalue weighted by molar-refractivity contribution is 9.10. The average molecular weight is 311 g/mol. The lowest BCUT2D eigenvalue weighted by atomic mass is 10.2. The van der Waals surface area contributed by atoms with Crippen LogP contribution >= 0.6 is 15.9 Å². The summed E-state index contributed by atoms with van der Waals surface area (Å²) < 4.78 is 19.1. The number of ether oxygens (including phenoxy) is 1. The first-order valence-electron chi connectivity index (χ1n) is 5.33. The van der Waals surface area contributed by atoms with Crippen molar-refractivity contribution < 1.29 is 9.13 Å². The molecule has 0 radical (unpaired) electrons. The van der Waals surface area contributed by atoms with E-state index in [0.717, 1.165) is 15.7 Å². The molecule has 0 atom stereocenters. The fraction of sp³-hybridized carbons (Fsp3) is 0.154. The molecule has 18 heavy (non-hydrogen) atoms. The highest BCUT2D eigenvalue weighted by Gasteiger charge is 2.05. The van der Waals surface area contributed by atoms with Crippen LogP contribution in [-0.2, 0) is 0 Å². The molecule has 0 unspecified atom stereocenters. The van der Waals surface area contributed by atoms with Crippen LogP contribution in [0.3, 0.4) is 0 Å². The van der Waals surface area contributed by atoms with Crippen LogP contribution in [0.2, 0.25) is 0 Å². The lowest BCUT2D eigenvalue weighted by molar-refractivity contribution is 0.387.